The van der Waals surface area contributed by atoms with Crippen LogP contribution in [0.4, 0.5) is 11.4 Å². The van der Waals surface area contributed by atoms with E-state index in [-0.39, 0.29) is 0 Å². The van der Waals surface area contributed by atoms with E-state index in [2.05, 4.69) is 188 Å². The molecular formula is C56H56N2. The van der Waals surface area contributed by atoms with Crippen molar-refractivity contribution in [3.8, 4) is 0 Å². The van der Waals surface area contributed by atoms with Gasteiger partial charge in [-0.05, 0) is 90.1 Å². The van der Waals surface area contributed by atoms with Crippen LogP contribution in [0.1, 0.15) is 55.0 Å². The summed E-state index contributed by atoms with van der Waals surface area (Å²) >= 11 is 0. The fourth-order valence-corrected chi connectivity index (χ4v) is 7.44. The molecule has 0 fully saturated rings. The van der Waals surface area contributed by atoms with Crippen LogP contribution in [0.3, 0.4) is 0 Å². The van der Waals surface area contributed by atoms with E-state index in [0.29, 0.717) is 5.70 Å². The van der Waals surface area contributed by atoms with E-state index in [1.165, 1.54) is 27.8 Å². The highest BCUT2D eigenvalue weighted by Gasteiger charge is 2.38. The number of nitrogens with zero attached hydrogens (tertiary/aromatic N) is 1. The van der Waals surface area contributed by atoms with Crippen molar-refractivity contribution in [3.63, 3.8) is 0 Å². The number of fused-ring (bicyclic) bond motifs is 1. The first kappa shape index (κ1) is 42.2. The smallest absolute Gasteiger partial charge is 0.0619 e. The van der Waals surface area contributed by atoms with Gasteiger partial charge >= 0.3 is 0 Å². The van der Waals surface area contributed by atoms with Gasteiger partial charge in [-0.2, -0.15) is 0 Å². The van der Waals surface area contributed by atoms with Gasteiger partial charge in [0.15, 0.2) is 0 Å². The van der Waals surface area contributed by atoms with Gasteiger partial charge in [-0.25, -0.2) is 0 Å². The molecule has 7 rings (SSSR count). The Labute approximate surface area is 347 Å². The minimum atomic E-state index is -0.544. The van der Waals surface area contributed by atoms with Gasteiger partial charge in [-0.15, -0.1) is 0 Å². The number of rotatable bonds is 8. The number of para-hydroxylation sites is 2. The molecule has 0 aromatic heterocycles. The number of aryl methyl sites for hydroxylation is 1. The summed E-state index contributed by atoms with van der Waals surface area (Å²) in [7, 11) is 0. The van der Waals surface area contributed by atoms with Crippen LogP contribution in [0.2, 0.25) is 0 Å². The molecule has 0 spiro atoms. The molecule has 0 bridgehead atoms. The highest BCUT2D eigenvalue weighted by molar-refractivity contribution is 5.76. The van der Waals surface area contributed by atoms with Crippen LogP contribution in [-0.2, 0) is 11.8 Å². The first-order valence-corrected chi connectivity index (χ1v) is 20.2. The van der Waals surface area contributed by atoms with E-state index < -0.39 is 5.41 Å². The van der Waals surface area contributed by atoms with Crippen molar-refractivity contribution in [2.75, 3.05) is 4.90 Å². The van der Waals surface area contributed by atoms with Crippen LogP contribution >= 0.6 is 0 Å². The summed E-state index contributed by atoms with van der Waals surface area (Å²) in [6.07, 6.45) is 17.9. The molecule has 0 radical (unpaired) electrons. The number of benzene rings is 6. The monoisotopic (exact) mass is 756 g/mol. The lowest BCUT2D eigenvalue weighted by atomic mass is 9.63. The van der Waals surface area contributed by atoms with Crippen LogP contribution in [0.5, 0.6) is 0 Å². The summed E-state index contributed by atoms with van der Waals surface area (Å²) in [4.78, 5) is 2.28. The third-order valence-electron chi connectivity index (χ3n) is 10.0. The fraction of sp³-hybridized carbons (Fsp3) is 0.107. The first-order valence-electron chi connectivity index (χ1n) is 20.2. The number of nitrogens with two attached hydrogens (primary N) is 1. The second-order valence-corrected chi connectivity index (χ2v) is 13.7. The molecule has 2 N–H and O–H groups in total. The summed E-state index contributed by atoms with van der Waals surface area (Å²) < 4.78 is 0. The second kappa shape index (κ2) is 22.0. The predicted octanol–water partition coefficient (Wildman–Crippen LogP) is 14.6. The maximum absolute atomic E-state index is 7.02. The standard InChI is InChI=1S/C42H38N2.C12H12.C2H6/c1-32-27-28-34-17-15-16-18-35(34)30-41(44(39-23-11-5-12-24-39)40-25-13-6-14-26-40)31-38(43)29-33(2)42(32,36-19-7-3-8-20-36)37-21-9-4-10-22-37;1-2-3-4-6-9-12-10-7-5-8-11-12;1-2/h3-26,29-31H,1,27-28,43H2,2H3;2-11H,1H2;1-2H3/b33-29+,38-31+,41-30-;4-3-,9-6-;. The van der Waals surface area contributed by atoms with Gasteiger partial charge in [0.25, 0.3) is 0 Å². The van der Waals surface area contributed by atoms with Crippen molar-refractivity contribution in [2.45, 2.75) is 39.0 Å². The molecule has 0 aliphatic heterocycles. The number of hydrogen-bond donors (Lipinski definition) is 1. The Bertz CT molecular complexity index is 2250. The molecule has 0 heterocycles. The zero-order valence-corrected chi connectivity index (χ0v) is 34.2. The number of hydrogen-bond acceptors (Lipinski definition) is 2. The molecule has 58 heavy (non-hydrogen) atoms. The molecule has 2 nitrogen and oxygen atoms in total. The Morgan fingerprint density at radius 1 is 0.552 bits per heavy atom. The van der Waals surface area contributed by atoms with Crippen molar-refractivity contribution in [3.05, 3.63) is 276 Å². The molecule has 0 amide bonds. The third kappa shape index (κ3) is 10.7. The molecular weight excluding hydrogens is 701 g/mol. The molecule has 6 aromatic rings. The average molecular weight is 757 g/mol. The summed E-state index contributed by atoms with van der Waals surface area (Å²) in [6, 6.07) is 61.3. The molecule has 1 aliphatic carbocycles. The van der Waals surface area contributed by atoms with Crippen molar-refractivity contribution >= 4 is 23.5 Å². The SMILES string of the molecule is C=C/C=C\C=C/c1ccccc1.C=C1CCc2ccccc2/C=C(N(c2ccccc2)c2ccccc2)/C=C(N)\C=C(/C)C1(c1ccccc1)c1ccccc1.CC. The Kier molecular flexibility index (Phi) is 16.0. The summed E-state index contributed by atoms with van der Waals surface area (Å²) in [6.45, 7) is 14.6. The van der Waals surface area contributed by atoms with Gasteiger partial charge in [-0.1, -0.05) is 220 Å². The maximum Gasteiger partial charge on any atom is 0.0619 e. The molecule has 2 heteroatoms. The maximum atomic E-state index is 7.02. The highest BCUT2D eigenvalue weighted by Crippen LogP contribution is 2.47. The molecule has 290 valence electrons. The quantitative estimate of drug-likeness (QED) is 0.124. The topological polar surface area (TPSA) is 29.3 Å². The van der Waals surface area contributed by atoms with Crippen molar-refractivity contribution in [2.24, 2.45) is 5.73 Å². The predicted molar refractivity (Wildman–Crippen MR) is 253 cm³/mol. The lowest BCUT2D eigenvalue weighted by Crippen LogP contribution is -2.32. The Balaban J connectivity index is 0.000000390. The van der Waals surface area contributed by atoms with E-state index >= 15 is 0 Å². The van der Waals surface area contributed by atoms with Crippen LogP contribution in [0, 0.1) is 0 Å². The van der Waals surface area contributed by atoms with Crippen molar-refractivity contribution < 1.29 is 0 Å². The third-order valence-corrected chi connectivity index (χ3v) is 10.0. The van der Waals surface area contributed by atoms with Crippen LogP contribution < -0.4 is 10.6 Å². The molecule has 1 aliphatic rings. The van der Waals surface area contributed by atoms with E-state index in [1.54, 1.807) is 6.08 Å². The Hall–Kier alpha value is -6.90. The Morgan fingerprint density at radius 3 is 1.57 bits per heavy atom. The van der Waals surface area contributed by atoms with Crippen molar-refractivity contribution in [1.29, 1.82) is 0 Å². The summed E-state index contributed by atoms with van der Waals surface area (Å²) in [5, 5.41) is 0. The Morgan fingerprint density at radius 2 is 1.03 bits per heavy atom. The first-order chi connectivity index (χ1) is 28.5. The normalized spacial score (nSPS) is 16.5. The number of anilines is 2. The second-order valence-electron chi connectivity index (χ2n) is 13.7. The van der Waals surface area contributed by atoms with E-state index in [1.807, 2.05) is 62.4 Å². The van der Waals surface area contributed by atoms with E-state index in [9.17, 15) is 0 Å². The van der Waals surface area contributed by atoms with Gasteiger partial charge in [-0.3, -0.25) is 0 Å². The van der Waals surface area contributed by atoms with Gasteiger partial charge < -0.3 is 10.6 Å². The minimum Gasteiger partial charge on any atom is -0.399 e. The van der Waals surface area contributed by atoms with Crippen molar-refractivity contribution in [1.82, 2.24) is 0 Å². The zero-order chi connectivity index (χ0) is 41.0. The van der Waals surface area contributed by atoms with Crippen LogP contribution in [-0.4, -0.2) is 0 Å². The molecule has 0 saturated heterocycles. The van der Waals surface area contributed by atoms with Gasteiger partial charge in [0.05, 0.1) is 5.41 Å². The van der Waals surface area contributed by atoms with Gasteiger partial charge in [0, 0.05) is 22.8 Å². The molecule has 0 unspecified atom stereocenters. The highest BCUT2D eigenvalue weighted by atomic mass is 15.1. The fourth-order valence-electron chi connectivity index (χ4n) is 7.44. The summed E-state index contributed by atoms with van der Waals surface area (Å²) in [5.74, 6) is 0. The molecule has 0 atom stereocenters. The average Bonchev–Trinajstić information content (AvgIpc) is 3.27. The number of allylic oxidation sites excluding steroid dienone is 8. The lowest BCUT2D eigenvalue weighted by molar-refractivity contribution is 0.664. The minimum absolute atomic E-state index is 0.544. The summed E-state index contributed by atoms with van der Waals surface area (Å²) in [5.41, 5.74) is 18.6. The van der Waals surface area contributed by atoms with Crippen LogP contribution in [0.25, 0.3) is 12.2 Å². The molecule has 0 saturated carbocycles. The van der Waals surface area contributed by atoms with E-state index in [4.69, 9.17) is 12.3 Å². The largest absolute Gasteiger partial charge is 0.399 e. The zero-order valence-electron chi connectivity index (χ0n) is 34.2. The lowest BCUT2D eigenvalue weighted by Gasteiger charge is -2.39. The van der Waals surface area contributed by atoms with Crippen LogP contribution in [0.15, 0.2) is 248 Å². The van der Waals surface area contributed by atoms with Gasteiger partial charge in [0.1, 0.15) is 0 Å². The molecule has 6 aromatic carbocycles. The van der Waals surface area contributed by atoms with E-state index in [0.717, 1.165) is 41.1 Å². The van der Waals surface area contributed by atoms with Gasteiger partial charge in [0.2, 0.25) is 0 Å².